The maximum absolute atomic E-state index is 13.8. The Kier molecular flexibility index (Phi) is 6.09. The Morgan fingerprint density at radius 1 is 0.966 bits per heavy atom. The Balaban J connectivity index is 1.26. The topological polar surface area (TPSA) is 32.8 Å². The van der Waals surface area contributed by atoms with E-state index in [1.807, 2.05) is 29.2 Å². The lowest BCUT2D eigenvalue weighted by Crippen LogP contribution is -2.38. The fraction of sp³-hybridized carbons (Fsp3) is 0.435. The predicted molar refractivity (Wildman–Crippen MR) is 107 cm³/mol. The SMILES string of the molecule is O=C(c1ccc(OC2CCN(Cc3ccc(F)cc3F)CC2)cc1)N1CCCC1. The van der Waals surface area contributed by atoms with Gasteiger partial charge in [0.05, 0.1) is 0 Å². The highest BCUT2D eigenvalue weighted by Crippen LogP contribution is 2.22. The molecule has 0 spiro atoms. The fourth-order valence-corrected chi connectivity index (χ4v) is 4.05. The molecule has 2 fully saturated rings. The summed E-state index contributed by atoms with van der Waals surface area (Å²) in [6, 6.07) is 11.1. The van der Waals surface area contributed by atoms with Gasteiger partial charge in [-0.2, -0.15) is 0 Å². The molecule has 0 radical (unpaired) electrons. The summed E-state index contributed by atoms with van der Waals surface area (Å²) in [7, 11) is 0. The van der Waals surface area contributed by atoms with E-state index < -0.39 is 11.6 Å². The Hall–Kier alpha value is -2.47. The smallest absolute Gasteiger partial charge is 0.253 e. The summed E-state index contributed by atoms with van der Waals surface area (Å²) in [5.41, 5.74) is 1.22. The molecule has 2 aliphatic heterocycles. The van der Waals surface area contributed by atoms with Gasteiger partial charge in [-0.05, 0) is 56.0 Å². The number of halogens is 2. The molecule has 1 amide bonds. The summed E-state index contributed by atoms with van der Waals surface area (Å²) in [5.74, 6) is -0.181. The Bertz CT molecular complexity index is 842. The largest absolute Gasteiger partial charge is 0.490 e. The minimum Gasteiger partial charge on any atom is -0.490 e. The molecule has 0 unspecified atom stereocenters. The summed E-state index contributed by atoms with van der Waals surface area (Å²) >= 11 is 0. The second kappa shape index (κ2) is 8.91. The summed E-state index contributed by atoms with van der Waals surface area (Å²) in [6.07, 6.45) is 3.96. The van der Waals surface area contributed by atoms with E-state index in [4.69, 9.17) is 4.74 Å². The lowest BCUT2D eigenvalue weighted by molar-refractivity contribution is 0.0792. The number of likely N-dealkylation sites (tertiary alicyclic amines) is 2. The number of nitrogens with zero attached hydrogens (tertiary/aromatic N) is 2. The lowest BCUT2D eigenvalue weighted by atomic mass is 10.1. The molecule has 2 saturated heterocycles. The molecule has 0 atom stereocenters. The van der Waals surface area contributed by atoms with Gasteiger partial charge in [-0.25, -0.2) is 8.78 Å². The van der Waals surface area contributed by atoms with E-state index in [2.05, 4.69) is 4.90 Å². The third kappa shape index (κ3) is 4.93. The zero-order chi connectivity index (χ0) is 20.2. The van der Waals surface area contributed by atoms with Gasteiger partial charge in [0.25, 0.3) is 5.91 Å². The van der Waals surface area contributed by atoms with Crippen LogP contribution < -0.4 is 4.74 Å². The normalized spacial score (nSPS) is 18.2. The average Bonchev–Trinajstić information content (AvgIpc) is 3.26. The number of piperidine rings is 1. The number of hydrogen-bond acceptors (Lipinski definition) is 3. The quantitative estimate of drug-likeness (QED) is 0.753. The Labute approximate surface area is 170 Å². The number of rotatable bonds is 5. The van der Waals surface area contributed by atoms with Crippen LogP contribution in [-0.2, 0) is 6.54 Å². The lowest BCUT2D eigenvalue weighted by Gasteiger charge is -2.32. The van der Waals surface area contributed by atoms with Crippen LogP contribution in [-0.4, -0.2) is 48.0 Å². The van der Waals surface area contributed by atoms with Gasteiger partial charge in [-0.1, -0.05) is 6.07 Å². The van der Waals surface area contributed by atoms with Crippen molar-refractivity contribution in [2.75, 3.05) is 26.2 Å². The van der Waals surface area contributed by atoms with Gasteiger partial charge in [-0.3, -0.25) is 9.69 Å². The van der Waals surface area contributed by atoms with E-state index in [1.165, 1.54) is 12.1 Å². The number of carbonyl (C=O) groups excluding carboxylic acids is 1. The van der Waals surface area contributed by atoms with E-state index in [9.17, 15) is 13.6 Å². The minimum atomic E-state index is -0.550. The number of carbonyl (C=O) groups is 1. The summed E-state index contributed by atoms with van der Waals surface area (Å²) in [5, 5.41) is 0. The van der Waals surface area contributed by atoms with Crippen molar-refractivity contribution < 1.29 is 18.3 Å². The molecule has 4 nitrogen and oxygen atoms in total. The molecule has 6 heteroatoms. The maximum atomic E-state index is 13.8. The first-order valence-corrected chi connectivity index (χ1v) is 10.3. The summed E-state index contributed by atoms with van der Waals surface area (Å²) in [4.78, 5) is 16.5. The first kappa shape index (κ1) is 19.8. The molecule has 2 aromatic carbocycles. The van der Waals surface area contributed by atoms with Gasteiger partial charge in [0.2, 0.25) is 0 Å². The van der Waals surface area contributed by atoms with E-state index >= 15 is 0 Å². The number of ether oxygens (including phenoxy) is 1. The van der Waals surface area contributed by atoms with Crippen LogP contribution in [0.3, 0.4) is 0 Å². The second-order valence-corrected chi connectivity index (χ2v) is 7.85. The van der Waals surface area contributed by atoms with Gasteiger partial charge in [0.15, 0.2) is 0 Å². The van der Waals surface area contributed by atoms with Crippen molar-refractivity contribution in [3.8, 4) is 5.75 Å². The van der Waals surface area contributed by atoms with Gasteiger partial charge in [0.1, 0.15) is 23.5 Å². The molecule has 0 aliphatic carbocycles. The van der Waals surface area contributed by atoms with Crippen LogP contribution >= 0.6 is 0 Å². The van der Waals surface area contributed by atoms with Crippen LogP contribution in [0.5, 0.6) is 5.75 Å². The standard InChI is InChI=1S/C23H26F2N2O2/c24-19-6-3-18(22(25)15-19)16-26-13-9-21(10-14-26)29-20-7-4-17(5-8-20)23(28)27-11-1-2-12-27/h3-8,15,21H,1-2,9-14,16H2. The van der Waals surface area contributed by atoms with Crippen molar-refractivity contribution in [3.05, 3.63) is 65.2 Å². The second-order valence-electron chi connectivity index (χ2n) is 7.85. The van der Waals surface area contributed by atoms with E-state index in [0.29, 0.717) is 17.7 Å². The van der Waals surface area contributed by atoms with Crippen molar-refractivity contribution >= 4 is 5.91 Å². The Morgan fingerprint density at radius 2 is 1.66 bits per heavy atom. The minimum absolute atomic E-state index is 0.0929. The molecular weight excluding hydrogens is 374 g/mol. The van der Waals surface area contributed by atoms with Gasteiger partial charge in [0, 0.05) is 49.9 Å². The third-order valence-corrected chi connectivity index (χ3v) is 5.74. The molecule has 2 heterocycles. The van der Waals surface area contributed by atoms with Crippen molar-refractivity contribution in [1.29, 1.82) is 0 Å². The molecule has 0 saturated carbocycles. The third-order valence-electron chi connectivity index (χ3n) is 5.74. The van der Waals surface area contributed by atoms with Gasteiger partial charge >= 0.3 is 0 Å². The molecule has 154 valence electrons. The number of hydrogen-bond donors (Lipinski definition) is 0. The molecule has 29 heavy (non-hydrogen) atoms. The van der Waals surface area contributed by atoms with Crippen LogP contribution in [0.2, 0.25) is 0 Å². The van der Waals surface area contributed by atoms with Crippen LogP contribution in [0.25, 0.3) is 0 Å². The molecule has 0 bridgehead atoms. The zero-order valence-corrected chi connectivity index (χ0v) is 16.4. The maximum Gasteiger partial charge on any atom is 0.253 e. The highest BCUT2D eigenvalue weighted by molar-refractivity contribution is 5.94. The number of benzene rings is 2. The predicted octanol–water partition coefficient (Wildman–Crippen LogP) is 4.24. The molecule has 2 aliphatic rings. The molecule has 2 aromatic rings. The van der Waals surface area contributed by atoms with Crippen molar-refractivity contribution in [1.82, 2.24) is 9.80 Å². The first-order chi connectivity index (χ1) is 14.1. The average molecular weight is 400 g/mol. The summed E-state index contributed by atoms with van der Waals surface area (Å²) in [6.45, 7) is 3.77. The molecular formula is C23H26F2N2O2. The molecule has 4 rings (SSSR count). The zero-order valence-electron chi connectivity index (χ0n) is 16.4. The monoisotopic (exact) mass is 400 g/mol. The van der Waals surface area contributed by atoms with Crippen LogP contribution in [0.4, 0.5) is 8.78 Å². The van der Waals surface area contributed by atoms with Crippen molar-refractivity contribution in [3.63, 3.8) is 0 Å². The van der Waals surface area contributed by atoms with Crippen LogP contribution in [0.1, 0.15) is 41.6 Å². The summed E-state index contributed by atoms with van der Waals surface area (Å²) < 4.78 is 33.0. The van der Waals surface area contributed by atoms with E-state index in [1.54, 1.807) is 0 Å². The van der Waals surface area contributed by atoms with Gasteiger partial charge in [-0.15, -0.1) is 0 Å². The molecule has 0 N–H and O–H groups in total. The highest BCUT2D eigenvalue weighted by atomic mass is 19.1. The first-order valence-electron chi connectivity index (χ1n) is 10.3. The van der Waals surface area contributed by atoms with E-state index in [0.717, 1.165) is 63.7 Å². The highest BCUT2D eigenvalue weighted by Gasteiger charge is 2.22. The molecule has 0 aromatic heterocycles. The van der Waals surface area contributed by atoms with E-state index in [-0.39, 0.29) is 12.0 Å². The van der Waals surface area contributed by atoms with Gasteiger partial charge < -0.3 is 9.64 Å². The van der Waals surface area contributed by atoms with Crippen LogP contribution in [0, 0.1) is 11.6 Å². The fourth-order valence-electron chi connectivity index (χ4n) is 4.05. The van der Waals surface area contributed by atoms with Crippen LogP contribution in [0.15, 0.2) is 42.5 Å². The van der Waals surface area contributed by atoms with Crippen molar-refractivity contribution in [2.45, 2.75) is 38.3 Å². The van der Waals surface area contributed by atoms with Crippen molar-refractivity contribution in [2.24, 2.45) is 0 Å². The Morgan fingerprint density at radius 3 is 2.31 bits per heavy atom. The number of amides is 1.